The standard InChI is InChI=1S/C28H27Cl2N3O3/c1-17-9-11-21(15-18(17)2)33-26(31-25-8-6-5-7-22(25)28(33)35)19(3)32(13-14-36-4)27(34)20-10-12-23(29)24(30)16-20/h5-12,15-16,19H,13-14H2,1-4H3. The zero-order chi connectivity index (χ0) is 26.0. The monoisotopic (exact) mass is 523 g/mol. The van der Waals surface area contributed by atoms with E-state index in [-0.39, 0.29) is 23.0 Å². The molecule has 0 N–H and O–H groups in total. The largest absolute Gasteiger partial charge is 0.383 e. The average molecular weight is 524 g/mol. The molecule has 0 radical (unpaired) electrons. The molecule has 1 atom stereocenters. The van der Waals surface area contributed by atoms with Crippen LogP contribution < -0.4 is 5.56 Å². The molecule has 36 heavy (non-hydrogen) atoms. The minimum Gasteiger partial charge on any atom is -0.383 e. The molecule has 1 amide bonds. The number of halogens is 2. The molecule has 0 fully saturated rings. The minimum absolute atomic E-state index is 0.195. The van der Waals surface area contributed by atoms with Crippen molar-refractivity contribution in [2.45, 2.75) is 26.8 Å². The molecule has 0 saturated carbocycles. The Bertz CT molecular complexity index is 1500. The van der Waals surface area contributed by atoms with E-state index in [1.165, 1.54) is 0 Å². The predicted molar refractivity (Wildman–Crippen MR) is 145 cm³/mol. The van der Waals surface area contributed by atoms with Crippen molar-refractivity contribution in [1.29, 1.82) is 0 Å². The van der Waals surface area contributed by atoms with Crippen molar-refractivity contribution in [3.63, 3.8) is 0 Å². The summed E-state index contributed by atoms with van der Waals surface area (Å²) in [5, 5.41) is 1.16. The van der Waals surface area contributed by atoms with Crippen molar-refractivity contribution < 1.29 is 9.53 Å². The van der Waals surface area contributed by atoms with Crippen molar-refractivity contribution in [2.24, 2.45) is 0 Å². The van der Waals surface area contributed by atoms with E-state index in [0.29, 0.717) is 39.6 Å². The summed E-state index contributed by atoms with van der Waals surface area (Å²) in [6, 6.07) is 17.3. The van der Waals surface area contributed by atoms with Gasteiger partial charge in [0.2, 0.25) is 0 Å². The molecule has 0 aliphatic rings. The van der Waals surface area contributed by atoms with Gasteiger partial charge in [-0.15, -0.1) is 0 Å². The summed E-state index contributed by atoms with van der Waals surface area (Å²) in [6.07, 6.45) is 0. The van der Waals surface area contributed by atoms with E-state index in [1.54, 1.807) is 46.9 Å². The normalized spacial score (nSPS) is 12.1. The van der Waals surface area contributed by atoms with Crippen LogP contribution in [0.3, 0.4) is 0 Å². The Morgan fingerprint density at radius 1 is 1.03 bits per heavy atom. The van der Waals surface area contributed by atoms with E-state index >= 15 is 0 Å². The maximum Gasteiger partial charge on any atom is 0.266 e. The van der Waals surface area contributed by atoms with Gasteiger partial charge in [0, 0.05) is 19.2 Å². The smallest absolute Gasteiger partial charge is 0.266 e. The Hall–Kier alpha value is -3.19. The van der Waals surface area contributed by atoms with Crippen LogP contribution in [0.15, 0.2) is 65.5 Å². The number of fused-ring (bicyclic) bond motifs is 1. The fourth-order valence-electron chi connectivity index (χ4n) is 4.14. The van der Waals surface area contributed by atoms with Gasteiger partial charge in [0.25, 0.3) is 11.5 Å². The first-order valence-corrected chi connectivity index (χ1v) is 12.3. The van der Waals surface area contributed by atoms with Gasteiger partial charge >= 0.3 is 0 Å². The van der Waals surface area contributed by atoms with Crippen LogP contribution in [-0.4, -0.2) is 40.6 Å². The van der Waals surface area contributed by atoms with Gasteiger partial charge in [-0.1, -0.05) is 41.4 Å². The lowest BCUT2D eigenvalue weighted by molar-refractivity contribution is 0.0605. The molecule has 186 valence electrons. The second kappa shape index (κ2) is 10.8. The number of carbonyl (C=O) groups excluding carboxylic acids is 1. The van der Waals surface area contributed by atoms with Crippen LogP contribution in [0, 0.1) is 13.8 Å². The van der Waals surface area contributed by atoms with Crippen molar-refractivity contribution in [3.05, 3.63) is 104 Å². The first-order chi connectivity index (χ1) is 17.2. The molecule has 0 aliphatic carbocycles. The van der Waals surface area contributed by atoms with E-state index in [4.69, 9.17) is 32.9 Å². The molecule has 8 heteroatoms. The zero-order valence-corrected chi connectivity index (χ0v) is 22.1. The summed E-state index contributed by atoms with van der Waals surface area (Å²) in [6.45, 7) is 6.47. The summed E-state index contributed by atoms with van der Waals surface area (Å²) in [4.78, 5) is 34.0. The molecule has 4 rings (SSSR count). The first kappa shape index (κ1) is 25.9. The molecule has 4 aromatic rings. The van der Waals surface area contributed by atoms with Crippen molar-refractivity contribution in [2.75, 3.05) is 20.3 Å². The lowest BCUT2D eigenvalue weighted by Gasteiger charge is -2.30. The second-order valence-corrected chi connectivity index (χ2v) is 9.51. The number of amides is 1. The van der Waals surface area contributed by atoms with Gasteiger partial charge in [-0.2, -0.15) is 0 Å². The molecule has 6 nitrogen and oxygen atoms in total. The number of hydrogen-bond donors (Lipinski definition) is 0. The van der Waals surface area contributed by atoms with Crippen LogP contribution in [0.4, 0.5) is 0 Å². The first-order valence-electron chi connectivity index (χ1n) is 11.6. The van der Waals surface area contributed by atoms with Crippen LogP contribution in [0.5, 0.6) is 0 Å². The van der Waals surface area contributed by atoms with E-state index in [2.05, 4.69) is 0 Å². The molecule has 1 unspecified atom stereocenters. The van der Waals surface area contributed by atoms with E-state index in [0.717, 1.165) is 11.1 Å². The lowest BCUT2D eigenvalue weighted by atomic mass is 10.1. The number of aryl methyl sites for hydroxylation is 2. The topological polar surface area (TPSA) is 64.4 Å². The summed E-state index contributed by atoms with van der Waals surface area (Å²) in [7, 11) is 1.58. The molecular weight excluding hydrogens is 497 g/mol. The number of methoxy groups -OCH3 is 1. The summed E-state index contributed by atoms with van der Waals surface area (Å²) >= 11 is 12.3. The van der Waals surface area contributed by atoms with Gasteiger partial charge in [0.05, 0.1) is 39.3 Å². The third-order valence-electron chi connectivity index (χ3n) is 6.36. The van der Waals surface area contributed by atoms with Gasteiger partial charge in [-0.25, -0.2) is 4.98 Å². The third kappa shape index (κ3) is 5.03. The highest BCUT2D eigenvalue weighted by Gasteiger charge is 2.28. The summed E-state index contributed by atoms with van der Waals surface area (Å²) < 4.78 is 6.89. The Morgan fingerprint density at radius 2 is 1.78 bits per heavy atom. The van der Waals surface area contributed by atoms with Crippen molar-refractivity contribution in [3.8, 4) is 5.69 Å². The number of benzene rings is 3. The van der Waals surface area contributed by atoms with Gasteiger partial charge in [0.15, 0.2) is 0 Å². The Kier molecular flexibility index (Phi) is 7.79. The highest BCUT2D eigenvalue weighted by atomic mass is 35.5. The summed E-state index contributed by atoms with van der Waals surface area (Å²) in [5.74, 6) is 0.179. The van der Waals surface area contributed by atoms with Crippen LogP contribution in [-0.2, 0) is 4.74 Å². The van der Waals surface area contributed by atoms with Crippen LogP contribution in [0.1, 0.15) is 40.3 Å². The van der Waals surface area contributed by atoms with E-state index in [1.807, 2.05) is 51.1 Å². The average Bonchev–Trinajstić information content (AvgIpc) is 2.87. The molecule has 1 heterocycles. The number of aromatic nitrogens is 2. The quantitative estimate of drug-likeness (QED) is 0.291. The van der Waals surface area contributed by atoms with E-state index in [9.17, 15) is 9.59 Å². The fourth-order valence-corrected chi connectivity index (χ4v) is 4.44. The van der Waals surface area contributed by atoms with Gasteiger partial charge in [-0.3, -0.25) is 14.2 Å². The van der Waals surface area contributed by atoms with Gasteiger partial charge in [0.1, 0.15) is 5.82 Å². The molecule has 0 spiro atoms. The highest BCUT2D eigenvalue weighted by Crippen LogP contribution is 2.28. The summed E-state index contributed by atoms with van der Waals surface area (Å²) in [5.41, 5.74) is 3.61. The number of carbonyl (C=O) groups is 1. The molecular formula is C28H27Cl2N3O3. The third-order valence-corrected chi connectivity index (χ3v) is 7.09. The lowest BCUT2D eigenvalue weighted by Crippen LogP contribution is -2.39. The zero-order valence-electron chi connectivity index (χ0n) is 20.6. The van der Waals surface area contributed by atoms with Crippen LogP contribution in [0.25, 0.3) is 16.6 Å². The Morgan fingerprint density at radius 3 is 2.47 bits per heavy atom. The highest BCUT2D eigenvalue weighted by molar-refractivity contribution is 6.42. The maximum atomic E-state index is 13.8. The maximum absolute atomic E-state index is 13.8. The molecule has 0 aliphatic heterocycles. The Balaban J connectivity index is 1.91. The number of nitrogens with zero attached hydrogens (tertiary/aromatic N) is 3. The van der Waals surface area contributed by atoms with Crippen molar-refractivity contribution >= 4 is 40.0 Å². The Labute approximate surface area is 220 Å². The van der Waals surface area contributed by atoms with E-state index < -0.39 is 6.04 Å². The number of rotatable bonds is 7. The minimum atomic E-state index is -0.569. The number of hydrogen-bond acceptors (Lipinski definition) is 4. The van der Waals surface area contributed by atoms with Gasteiger partial charge < -0.3 is 9.64 Å². The SMILES string of the molecule is COCCN(C(=O)c1ccc(Cl)c(Cl)c1)C(C)c1nc2ccccc2c(=O)n1-c1ccc(C)c(C)c1. The fraction of sp³-hybridized carbons (Fsp3) is 0.250. The molecule has 0 saturated heterocycles. The second-order valence-electron chi connectivity index (χ2n) is 8.69. The molecule has 3 aromatic carbocycles. The number of ether oxygens (including phenoxy) is 1. The molecule has 0 bridgehead atoms. The number of para-hydroxylation sites is 1. The van der Waals surface area contributed by atoms with Gasteiger partial charge in [-0.05, 0) is 74.4 Å². The van der Waals surface area contributed by atoms with Crippen LogP contribution in [0.2, 0.25) is 10.0 Å². The van der Waals surface area contributed by atoms with Crippen molar-refractivity contribution in [1.82, 2.24) is 14.5 Å². The predicted octanol–water partition coefficient (Wildman–Crippen LogP) is 6.16. The van der Waals surface area contributed by atoms with Crippen LogP contribution >= 0.6 is 23.2 Å². The molecule has 1 aromatic heterocycles.